The van der Waals surface area contributed by atoms with Gasteiger partial charge in [-0.15, -0.1) is 0 Å². The molecule has 108 valence electrons. The maximum atomic E-state index is 12.3. The highest BCUT2D eigenvalue weighted by atomic mass is 79.9. The van der Waals surface area contributed by atoms with Gasteiger partial charge in [0.1, 0.15) is 5.92 Å². The number of hydrogen-bond acceptors (Lipinski definition) is 3. The molecule has 2 rings (SSSR count). The van der Waals surface area contributed by atoms with E-state index in [1.54, 1.807) is 4.90 Å². The maximum absolute atomic E-state index is 12.3. The van der Waals surface area contributed by atoms with E-state index < -0.39 is 5.92 Å². The second kappa shape index (κ2) is 6.85. The van der Waals surface area contributed by atoms with Gasteiger partial charge in [0.05, 0.1) is 0 Å². The Morgan fingerprint density at radius 1 is 1.45 bits per heavy atom. The van der Waals surface area contributed by atoms with Crippen LogP contribution in [0.3, 0.4) is 0 Å². The fourth-order valence-electron chi connectivity index (χ4n) is 2.26. The molecule has 20 heavy (non-hydrogen) atoms. The number of halogens is 1. The van der Waals surface area contributed by atoms with Crippen LogP contribution in [0.1, 0.15) is 6.42 Å². The fourth-order valence-corrected chi connectivity index (χ4v) is 2.64. The van der Waals surface area contributed by atoms with Crippen LogP contribution < -0.4 is 15.5 Å². The average Bonchev–Trinajstić information content (AvgIpc) is 2.81. The number of anilines is 1. The van der Waals surface area contributed by atoms with Crippen molar-refractivity contribution in [1.29, 1.82) is 0 Å². The molecular formula is C14H18BrN3O2. The number of rotatable bonds is 5. The largest absolute Gasteiger partial charge is 0.354 e. The standard InChI is InChI=1S/C14H18BrN3O2/c1-16-6-7-17-13(19)12-5-8-18(14(12)20)11-4-2-3-10(15)9-11/h2-4,9,12,16H,5-8H2,1H3,(H,17,19). The van der Waals surface area contributed by atoms with Gasteiger partial charge < -0.3 is 15.5 Å². The van der Waals surface area contributed by atoms with E-state index in [4.69, 9.17) is 0 Å². The summed E-state index contributed by atoms with van der Waals surface area (Å²) in [6.07, 6.45) is 0.566. The molecule has 2 N–H and O–H groups in total. The molecule has 0 spiro atoms. The van der Waals surface area contributed by atoms with E-state index >= 15 is 0 Å². The van der Waals surface area contributed by atoms with E-state index in [-0.39, 0.29) is 11.8 Å². The summed E-state index contributed by atoms with van der Waals surface area (Å²) in [5.41, 5.74) is 0.829. The topological polar surface area (TPSA) is 61.4 Å². The van der Waals surface area contributed by atoms with E-state index in [1.807, 2.05) is 31.3 Å². The van der Waals surface area contributed by atoms with Crippen molar-refractivity contribution in [2.45, 2.75) is 6.42 Å². The van der Waals surface area contributed by atoms with Gasteiger partial charge in [0.25, 0.3) is 0 Å². The van der Waals surface area contributed by atoms with Crippen molar-refractivity contribution in [3.63, 3.8) is 0 Å². The Kier molecular flexibility index (Phi) is 5.14. The summed E-state index contributed by atoms with van der Waals surface area (Å²) in [5, 5.41) is 5.73. The highest BCUT2D eigenvalue weighted by Crippen LogP contribution is 2.27. The number of nitrogens with zero attached hydrogens (tertiary/aromatic N) is 1. The van der Waals surface area contributed by atoms with Gasteiger partial charge in [-0.2, -0.15) is 0 Å². The third kappa shape index (κ3) is 3.37. The fraction of sp³-hybridized carbons (Fsp3) is 0.429. The van der Waals surface area contributed by atoms with Gasteiger partial charge in [0.2, 0.25) is 11.8 Å². The van der Waals surface area contributed by atoms with Gasteiger partial charge in [-0.3, -0.25) is 9.59 Å². The Morgan fingerprint density at radius 2 is 2.25 bits per heavy atom. The van der Waals surface area contributed by atoms with Gasteiger partial charge >= 0.3 is 0 Å². The van der Waals surface area contributed by atoms with Crippen molar-refractivity contribution in [3.05, 3.63) is 28.7 Å². The number of nitrogens with one attached hydrogen (secondary N) is 2. The summed E-state index contributed by atoms with van der Waals surface area (Å²) in [7, 11) is 1.82. The molecule has 1 saturated heterocycles. The first-order valence-electron chi connectivity index (χ1n) is 6.62. The van der Waals surface area contributed by atoms with Crippen molar-refractivity contribution in [2.24, 2.45) is 5.92 Å². The second-order valence-electron chi connectivity index (χ2n) is 4.71. The van der Waals surface area contributed by atoms with Crippen molar-refractivity contribution in [2.75, 3.05) is 31.6 Å². The lowest BCUT2D eigenvalue weighted by atomic mass is 10.1. The summed E-state index contributed by atoms with van der Waals surface area (Å²) in [5.74, 6) is -0.862. The van der Waals surface area contributed by atoms with Crippen molar-refractivity contribution in [3.8, 4) is 0 Å². The first kappa shape index (κ1) is 15.0. The Morgan fingerprint density at radius 3 is 2.95 bits per heavy atom. The molecule has 6 heteroatoms. The van der Waals surface area contributed by atoms with Crippen LogP contribution in [0.25, 0.3) is 0 Å². The van der Waals surface area contributed by atoms with Gasteiger partial charge in [-0.05, 0) is 31.7 Å². The maximum Gasteiger partial charge on any atom is 0.239 e. The third-order valence-electron chi connectivity index (χ3n) is 3.32. The average molecular weight is 340 g/mol. The van der Waals surface area contributed by atoms with Gasteiger partial charge in [0.15, 0.2) is 0 Å². The number of hydrogen-bond donors (Lipinski definition) is 2. The molecule has 1 aliphatic rings. The zero-order valence-corrected chi connectivity index (χ0v) is 12.9. The van der Waals surface area contributed by atoms with Crippen LogP contribution in [0.2, 0.25) is 0 Å². The highest BCUT2D eigenvalue weighted by Gasteiger charge is 2.37. The molecule has 1 aliphatic heterocycles. The minimum atomic E-state index is -0.564. The van der Waals surface area contributed by atoms with Crippen molar-refractivity contribution in [1.82, 2.24) is 10.6 Å². The molecule has 0 bridgehead atoms. The van der Waals surface area contributed by atoms with Crippen LogP contribution in [-0.2, 0) is 9.59 Å². The molecule has 0 aliphatic carbocycles. The number of benzene rings is 1. The third-order valence-corrected chi connectivity index (χ3v) is 3.81. The molecular weight excluding hydrogens is 322 g/mol. The Hall–Kier alpha value is -1.40. The molecule has 0 radical (unpaired) electrons. The Balaban J connectivity index is 2.00. The minimum absolute atomic E-state index is 0.120. The van der Waals surface area contributed by atoms with E-state index in [1.165, 1.54) is 0 Å². The monoisotopic (exact) mass is 339 g/mol. The summed E-state index contributed by atoms with van der Waals surface area (Å²) >= 11 is 3.39. The molecule has 0 saturated carbocycles. The lowest BCUT2D eigenvalue weighted by Gasteiger charge is -2.17. The lowest BCUT2D eigenvalue weighted by Crippen LogP contribution is -2.39. The summed E-state index contributed by atoms with van der Waals surface area (Å²) in [6, 6.07) is 7.56. The van der Waals surface area contributed by atoms with E-state index in [0.717, 1.165) is 10.2 Å². The van der Waals surface area contributed by atoms with Crippen LogP contribution in [0.15, 0.2) is 28.7 Å². The number of amides is 2. The van der Waals surface area contributed by atoms with Crippen molar-refractivity contribution < 1.29 is 9.59 Å². The predicted molar refractivity (Wildman–Crippen MR) is 81.5 cm³/mol. The van der Waals surface area contributed by atoms with Crippen LogP contribution in [0.4, 0.5) is 5.69 Å². The van der Waals surface area contributed by atoms with Crippen LogP contribution >= 0.6 is 15.9 Å². The second-order valence-corrected chi connectivity index (χ2v) is 5.62. The lowest BCUT2D eigenvalue weighted by molar-refractivity contribution is -0.132. The molecule has 5 nitrogen and oxygen atoms in total. The first-order chi connectivity index (χ1) is 9.63. The Labute approximate surface area is 126 Å². The minimum Gasteiger partial charge on any atom is -0.354 e. The molecule has 1 aromatic carbocycles. The predicted octanol–water partition coefficient (Wildman–Crippen LogP) is 1.14. The number of carbonyl (C=O) groups excluding carboxylic acids is 2. The summed E-state index contributed by atoms with van der Waals surface area (Å²) in [6.45, 7) is 1.82. The number of carbonyl (C=O) groups is 2. The first-order valence-corrected chi connectivity index (χ1v) is 7.42. The highest BCUT2D eigenvalue weighted by molar-refractivity contribution is 9.10. The molecule has 1 fully saturated rings. The smallest absolute Gasteiger partial charge is 0.239 e. The zero-order valence-electron chi connectivity index (χ0n) is 11.4. The van der Waals surface area contributed by atoms with E-state index in [9.17, 15) is 9.59 Å². The van der Waals surface area contributed by atoms with Gasteiger partial charge in [0, 0.05) is 29.8 Å². The van der Waals surface area contributed by atoms with Crippen LogP contribution in [0.5, 0.6) is 0 Å². The van der Waals surface area contributed by atoms with Crippen LogP contribution in [0, 0.1) is 5.92 Å². The summed E-state index contributed by atoms with van der Waals surface area (Å²) < 4.78 is 0.921. The van der Waals surface area contributed by atoms with Crippen molar-refractivity contribution >= 4 is 33.4 Å². The van der Waals surface area contributed by atoms with E-state index in [2.05, 4.69) is 26.6 Å². The van der Waals surface area contributed by atoms with Gasteiger partial charge in [-0.1, -0.05) is 22.0 Å². The van der Waals surface area contributed by atoms with E-state index in [0.29, 0.717) is 26.1 Å². The van der Waals surface area contributed by atoms with Gasteiger partial charge in [-0.25, -0.2) is 0 Å². The molecule has 0 aromatic heterocycles. The SMILES string of the molecule is CNCCNC(=O)C1CCN(c2cccc(Br)c2)C1=O. The van der Waals surface area contributed by atoms with Crippen LogP contribution in [-0.4, -0.2) is 38.5 Å². The molecule has 2 amide bonds. The number of likely N-dealkylation sites (N-methyl/N-ethyl adjacent to an activating group) is 1. The quantitative estimate of drug-likeness (QED) is 0.624. The molecule has 1 unspecified atom stereocenters. The summed E-state index contributed by atoms with van der Waals surface area (Å²) in [4.78, 5) is 26.0. The Bertz CT molecular complexity index is 507. The molecule has 1 atom stereocenters. The molecule has 1 aromatic rings. The molecule has 1 heterocycles. The normalized spacial score (nSPS) is 18.4. The zero-order chi connectivity index (χ0) is 14.5.